The third-order valence-corrected chi connectivity index (χ3v) is 6.73. The number of hydrogen-bond donors (Lipinski definition) is 1. The molecule has 3 saturated heterocycles. The number of aliphatic hydroxyl groups is 1. The zero-order chi connectivity index (χ0) is 20.2. The minimum Gasteiger partial charge on any atom is -0.456 e. The summed E-state index contributed by atoms with van der Waals surface area (Å²) in [7, 11) is 0. The number of nitro benzene ring substituents is 1. The number of carbonyl (C=O) groups excluding carboxylic acids is 3. The topological polar surface area (TPSA) is 136 Å². The van der Waals surface area contributed by atoms with Crippen molar-refractivity contribution >= 4 is 35.3 Å². The van der Waals surface area contributed by atoms with Crippen LogP contribution in [0.1, 0.15) is 18.9 Å². The summed E-state index contributed by atoms with van der Waals surface area (Å²) >= 11 is 1.25. The number of nitrogens with zero attached hydrogens (tertiary/aromatic N) is 2. The molecule has 0 aromatic heterocycles. The third kappa shape index (κ3) is 2.57. The van der Waals surface area contributed by atoms with Gasteiger partial charge in [-0.05, 0) is 24.6 Å². The molecule has 0 saturated carbocycles. The highest BCUT2D eigenvalue weighted by Crippen LogP contribution is 2.58. The predicted octanol–water partition coefficient (Wildman–Crippen LogP) is 0.562. The lowest BCUT2D eigenvalue weighted by molar-refractivity contribution is -0.384. The second-order valence-corrected chi connectivity index (χ2v) is 8.19. The van der Waals surface area contributed by atoms with Crippen LogP contribution in [0.15, 0.2) is 24.3 Å². The van der Waals surface area contributed by atoms with Crippen molar-refractivity contribution in [2.24, 2.45) is 5.92 Å². The highest BCUT2D eigenvalue weighted by Gasteiger charge is 2.75. The summed E-state index contributed by atoms with van der Waals surface area (Å²) in [5.41, 5.74) is -1.41. The molecule has 3 aliphatic heterocycles. The summed E-state index contributed by atoms with van der Waals surface area (Å²) in [6, 6.07) is 5.47. The van der Waals surface area contributed by atoms with Crippen molar-refractivity contribution in [2.75, 3.05) is 0 Å². The van der Waals surface area contributed by atoms with E-state index in [1.54, 1.807) is 0 Å². The molecule has 0 aliphatic carbocycles. The Kier molecular flexibility index (Phi) is 4.31. The van der Waals surface area contributed by atoms with Crippen LogP contribution in [-0.2, 0) is 30.5 Å². The van der Waals surface area contributed by atoms with E-state index in [9.17, 15) is 29.6 Å². The first-order valence-electron chi connectivity index (χ1n) is 8.55. The van der Waals surface area contributed by atoms with E-state index in [4.69, 9.17) is 9.47 Å². The smallest absolute Gasteiger partial charge is 0.374 e. The van der Waals surface area contributed by atoms with Gasteiger partial charge in [0, 0.05) is 12.1 Å². The van der Waals surface area contributed by atoms with Gasteiger partial charge in [-0.3, -0.25) is 24.6 Å². The van der Waals surface area contributed by atoms with Gasteiger partial charge in [0.05, 0.1) is 34.0 Å². The highest BCUT2D eigenvalue weighted by atomic mass is 32.2. The summed E-state index contributed by atoms with van der Waals surface area (Å²) in [6.45, 7) is 1.31. The molecule has 3 fully saturated rings. The standard InChI is InChI=1S/C17H16N2O8S/c1-8(20)13-14(22)18-15(13)28-11-6-12(21)27-17(11,18)16(23)26-7-9-2-4-10(5-3-9)19(24)25/h2-5,8,11,13,15,20H,6-7H2,1H3/t8?,11-,13+,15-,17?/m1/s1. The van der Waals surface area contributed by atoms with E-state index in [1.165, 1.54) is 47.9 Å². The molecule has 11 heteroatoms. The monoisotopic (exact) mass is 408 g/mol. The number of hydrogen-bond acceptors (Lipinski definition) is 9. The Morgan fingerprint density at radius 1 is 1.46 bits per heavy atom. The lowest BCUT2D eigenvalue weighted by Crippen LogP contribution is -2.70. The zero-order valence-corrected chi connectivity index (χ0v) is 15.5. The van der Waals surface area contributed by atoms with Gasteiger partial charge < -0.3 is 14.6 Å². The Labute approximate surface area is 162 Å². The van der Waals surface area contributed by atoms with Crippen molar-refractivity contribution < 1.29 is 33.9 Å². The fourth-order valence-corrected chi connectivity index (χ4v) is 5.66. The largest absolute Gasteiger partial charge is 0.456 e. The normalized spacial score (nSPS) is 31.5. The van der Waals surface area contributed by atoms with Crippen LogP contribution in [0.4, 0.5) is 5.69 Å². The third-order valence-electron chi connectivity index (χ3n) is 5.13. The number of benzene rings is 1. The number of amides is 1. The highest BCUT2D eigenvalue weighted by molar-refractivity contribution is 8.01. The average molecular weight is 408 g/mol. The number of ether oxygens (including phenoxy) is 2. The zero-order valence-electron chi connectivity index (χ0n) is 14.6. The van der Waals surface area contributed by atoms with Crippen molar-refractivity contribution in [1.82, 2.24) is 4.90 Å². The van der Waals surface area contributed by atoms with E-state index >= 15 is 0 Å². The van der Waals surface area contributed by atoms with Crippen molar-refractivity contribution in [1.29, 1.82) is 0 Å². The number of rotatable bonds is 5. The molecule has 4 rings (SSSR count). The van der Waals surface area contributed by atoms with Gasteiger partial charge in [0.2, 0.25) is 5.91 Å². The van der Waals surface area contributed by atoms with Gasteiger partial charge in [0.25, 0.3) is 11.4 Å². The molecule has 5 atom stereocenters. The maximum atomic E-state index is 12.9. The maximum absolute atomic E-state index is 12.9. The molecule has 0 radical (unpaired) electrons. The number of thioether (sulfide) groups is 1. The molecule has 148 valence electrons. The Morgan fingerprint density at radius 2 is 2.14 bits per heavy atom. The molecule has 3 aliphatic rings. The van der Waals surface area contributed by atoms with Crippen molar-refractivity contribution in [2.45, 2.75) is 42.4 Å². The molecule has 10 nitrogen and oxygen atoms in total. The Morgan fingerprint density at radius 3 is 2.75 bits per heavy atom. The van der Waals surface area contributed by atoms with E-state index in [-0.39, 0.29) is 18.7 Å². The first kappa shape index (κ1) is 18.7. The second-order valence-electron chi connectivity index (χ2n) is 6.86. The lowest BCUT2D eigenvalue weighted by Gasteiger charge is -2.48. The van der Waals surface area contributed by atoms with Gasteiger partial charge in [-0.25, -0.2) is 4.79 Å². The summed E-state index contributed by atoms with van der Waals surface area (Å²) in [6.07, 6.45) is -0.923. The summed E-state index contributed by atoms with van der Waals surface area (Å²) < 4.78 is 10.6. The predicted molar refractivity (Wildman–Crippen MR) is 93.5 cm³/mol. The van der Waals surface area contributed by atoms with Crippen LogP contribution in [0.2, 0.25) is 0 Å². The van der Waals surface area contributed by atoms with Crippen LogP contribution in [-0.4, -0.2) is 55.2 Å². The van der Waals surface area contributed by atoms with Crippen LogP contribution in [0, 0.1) is 16.0 Å². The van der Waals surface area contributed by atoms with Crippen molar-refractivity contribution in [3.05, 3.63) is 39.9 Å². The van der Waals surface area contributed by atoms with Gasteiger partial charge in [-0.2, -0.15) is 0 Å². The molecule has 1 aromatic rings. The fourth-order valence-electron chi connectivity index (χ4n) is 3.75. The number of aliphatic hydroxyl groups excluding tert-OH is 1. The number of nitro groups is 1. The lowest BCUT2D eigenvalue weighted by atomic mass is 9.89. The van der Waals surface area contributed by atoms with E-state index in [2.05, 4.69) is 0 Å². The minimum absolute atomic E-state index is 0.0376. The number of β-lactam (4-membered cyclic amide) rings is 1. The quantitative estimate of drug-likeness (QED) is 0.321. The van der Waals surface area contributed by atoms with Crippen LogP contribution >= 0.6 is 11.8 Å². The number of non-ortho nitro benzene ring substituents is 1. The van der Waals surface area contributed by atoms with E-state index in [0.717, 1.165) is 0 Å². The molecule has 0 spiro atoms. The number of carbonyl (C=O) groups is 3. The number of fused-ring (bicyclic) bond motifs is 3. The molecular formula is C17H16N2O8S. The molecule has 28 heavy (non-hydrogen) atoms. The molecular weight excluding hydrogens is 392 g/mol. The first-order chi connectivity index (χ1) is 13.3. The van der Waals surface area contributed by atoms with Crippen molar-refractivity contribution in [3.8, 4) is 0 Å². The van der Waals surface area contributed by atoms with Gasteiger partial charge in [0.1, 0.15) is 6.61 Å². The first-order valence-corrected chi connectivity index (χ1v) is 9.49. The maximum Gasteiger partial charge on any atom is 0.374 e. The fraction of sp³-hybridized carbons (Fsp3) is 0.471. The number of esters is 2. The van der Waals surface area contributed by atoms with E-state index < -0.39 is 51.1 Å². The molecule has 1 N–H and O–H groups in total. The van der Waals surface area contributed by atoms with Crippen LogP contribution in [0.5, 0.6) is 0 Å². The molecule has 0 bridgehead atoms. The summed E-state index contributed by atoms with van der Waals surface area (Å²) in [5, 5.41) is 19.4. The van der Waals surface area contributed by atoms with E-state index in [0.29, 0.717) is 5.56 Å². The Balaban J connectivity index is 1.52. The van der Waals surface area contributed by atoms with Crippen LogP contribution in [0.3, 0.4) is 0 Å². The van der Waals surface area contributed by atoms with Crippen LogP contribution in [0.25, 0.3) is 0 Å². The second kappa shape index (κ2) is 6.45. The molecule has 1 aromatic carbocycles. The Hall–Kier alpha value is -2.66. The summed E-state index contributed by atoms with van der Waals surface area (Å²) in [5.74, 6) is -2.59. The van der Waals surface area contributed by atoms with Crippen molar-refractivity contribution in [3.63, 3.8) is 0 Å². The van der Waals surface area contributed by atoms with Gasteiger partial charge in [-0.1, -0.05) is 0 Å². The SMILES string of the molecule is CC(O)[C@H]1C(=O)N2[C@@H]1S[C@@H]1CC(=O)OC12C(=O)OCc1ccc([N+](=O)[O-])cc1. The summed E-state index contributed by atoms with van der Waals surface area (Å²) in [4.78, 5) is 48.6. The molecule has 3 heterocycles. The minimum atomic E-state index is -1.82. The average Bonchev–Trinajstić information content (AvgIpc) is 3.08. The Bertz CT molecular complexity index is 872. The van der Waals surface area contributed by atoms with Gasteiger partial charge >= 0.3 is 11.9 Å². The molecule has 2 unspecified atom stereocenters. The van der Waals surface area contributed by atoms with Gasteiger partial charge in [-0.15, -0.1) is 11.8 Å². The molecule has 1 amide bonds. The van der Waals surface area contributed by atoms with Crippen LogP contribution < -0.4 is 0 Å². The van der Waals surface area contributed by atoms with E-state index in [1.807, 2.05) is 0 Å². The van der Waals surface area contributed by atoms with Gasteiger partial charge in [0.15, 0.2) is 0 Å².